The van der Waals surface area contributed by atoms with E-state index in [2.05, 4.69) is 10.6 Å². The zero-order valence-corrected chi connectivity index (χ0v) is 15.5. The topological polar surface area (TPSA) is 78.5 Å². The molecule has 2 N–H and O–H groups in total. The van der Waals surface area contributed by atoms with Gasteiger partial charge in [-0.05, 0) is 49.9 Å². The normalized spacial score (nSPS) is 20.0. The van der Waals surface area contributed by atoms with Gasteiger partial charge in [-0.15, -0.1) is 0 Å². The molecule has 3 amide bonds. The Balaban J connectivity index is 1.59. The van der Waals surface area contributed by atoms with Gasteiger partial charge in [-0.25, -0.2) is 0 Å². The molecule has 1 unspecified atom stereocenters. The second-order valence-corrected chi connectivity index (χ2v) is 7.59. The van der Waals surface area contributed by atoms with E-state index in [1.807, 2.05) is 13.8 Å². The van der Waals surface area contributed by atoms with Gasteiger partial charge in [0.1, 0.15) is 0 Å². The molecular weight excluding hydrogens is 330 g/mol. The van der Waals surface area contributed by atoms with E-state index in [9.17, 15) is 14.4 Å². The molecule has 1 saturated heterocycles. The Kier molecular flexibility index (Phi) is 5.59. The first-order valence-electron chi connectivity index (χ1n) is 9.44. The number of likely N-dealkylation sites (tertiary alicyclic amines) is 1. The Bertz CT molecular complexity index is 680. The van der Waals surface area contributed by atoms with Gasteiger partial charge in [0.15, 0.2) is 0 Å². The van der Waals surface area contributed by atoms with Crippen LogP contribution in [0.15, 0.2) is 24.3 Å². The van der Waals surface area contributed by atoms with Gasteiger partial charge in [0, 0.05) is 36.3 Å². The molecule has 6 nitrogen and oxygen atoms in total. The molecule has 1 aliphatic heterocycles. The van der Waals surface area contributed by atoms with E-state index in [0.29, 0.717) is 30.4 Å². The third kappa shape index (κ3) is 4.62. The van der Waals surface area contributed by atoms with E-state index in [0.717, 1.165) is 25.7 Å². The predicted molar refractivity (Wildman–Crippen MR) is 99.7 cm³/mol. The van der Waals surface area contributed by atoms with Gasteiger partial charge in [0.05, 0.1) is 5.92 Å². The van der Waals surface area contributed by atoms with Gasteiger partial charge in [-0.3, -0.25) is 14.4 Å². The average Bonchev–Trinajstić information content (AvgIpc) is 3.45. The fourth-order valence-corrected chi connectivity index (χ4v) is 3.09. The number of hydrogen-bond donors (Lipinski definition) is 2. The zero-order chi connectivity index (χ0) is 18.7. The highest BCUT2D eigenvalue weighted by molar-refractivity contribution is 5.96. The molecular formula is C20H27N3O3. The van der Waals surface area contributed by atoms with Crippen LogP contribution in [-0.4, -0.2) is 41.8 Å². The molecule has 0 aromatic heterocycles. The summed E-state index contributed by atoms with van der Waals surface area (Å²) in [6.45, 7) is 4.82. The van der Waals surface area contributed by atoms with Crippen LogP contribution in [0.3, 0.4) is 0 Å². The van der Waals surface area contributed by atoms with E-state index < -0.39 is 0 Å². The minimum Gasteiger partial charge on any atom is -0.353 e. The summed E-state index contributed by atoms with van der Waals surface area (Å²) in [6, 6.07) is 7.30. The molecule has 1 aliphatic carbocycles. The Morgan fingerprint density at radius 2 is 1.77 bits per heavy atom. The van der Waals surface area contributed by atoms with Gasteiger partial charge in [-0.2, -0.15) is 0 Å². The lowest BCUT2D eigenvalue weighted by molar-refractivity contribution is -0.126. The number of rotatable bonds is 5. The maximum atomic E-state index is 12.8. The quantitative estimate of drug-likeness (QED) is 0.849. The molecule has 0 spiro atoms. The van der Waals surface area contributed by atoms with Crippen LogP contribution < -0.4 is 10.6 Å². The van der Waals surface area contributed by atoms with Crippen molar-refractivity contribution in [1.29, 1.82) is 0 Å². The molecule has 2 aliphatic rings. The minimum absolute atomic E-state index is 0.0513. The summed E-state index contributed by atoms with van der Waals surface area (Å²) in [4.78, 5) is 38.5. The highest BCUT2D eigenvalue weighted by Gasteiger charge is 2.32. The molecule has 0 bridgehead atoms. The summed E-state index contributed by atoms with van der Waals surface area (Å²) < 4.78 is 0. The third-order valence-electron chi connectivity index (χ3n) is 4.93. The van der Waals surface area contributed by atoms with Crippen LogP contribution in [0.25, 0.3) is 0 Å². The van der Waals surface area contributed by atoms with Gasteiger partial charge in [-0.1, -0.05) is 13.8 Å². The fourth-order valence-electron chi connectivity index (χ4n) is 3.09. The van der Waals surface area contributed by atoms with Gasteiger partial charge in [0.25, 0.3) is 5.91 Å². The number of nitrogens with zero attached hydrogens (tertiary/aromatic N) is 1. The Morgan fingerprint density at radius 1 is 1.08 bits per heavy atom. The first kappa shape index (κ1) is 18.4. The highest BCUT2D eigenvalue weighted by atomic mass is 16.2. The SMILES string of the molecule is CC(C)C(=O)Nc1ccc(C(=O)N2CCCC(C(=O)NC3CC3)C2)cc1. The van der Waals surface area contributed by atoms with Crippen LogP contribution in [0.5, 0.6) is 0 Å². The van der Waals surface area contributed by atoms with Crippen molar-refractivity contribution in [3.63, 3.8) is 0 Å². The van der Waals surface area contributed by atoms with Gasteiger partial charge >= 0.3 is 0 Å². The van der Waals surface area contributed by atoms with Crippen molar-refractivity contribution in [3.05, 3.63) is 29.8 Å². The summed E-state index contributed by atoms with van der Waals surface area (Å²) in [7, 11) is 0. The summed E-state index contributed by atoms with van der Waals surface area (Å²) in [5.41, 5.74) is 1.26. The Labute approximate surface area is 154 Å². The van der Waals surface area contributed by atoms with E-state index in [1.165, 1.54) is 0 Å². The minimum atomic E-state index is -0.113. The molecule has 1 atom stereocenters. The number of benzene rings is 1. The van der Waals surface area contributed by atoms with Crippen molar-refractivity contribution in [2.24, 2.45) is 11.8 Å². The van der Waals surface area contributed by atoms with Crippen LogP contribution in [-0.2, 0) is 9.59 Å². The number of nitrogens with one attached hydrogen (secondary N) is 2. The second kappa shape index (κ2) is 7.89. The first-order chi connectivity index (χ1) is 12.4. The fraction of sp³-hybridized carbons (Fsp3) is 0.550. The molecule has 0 radical (unpaired) electrons. The summed E-state index contributed by atoms with van der Waals surface area (Å²) >= 11 is 0. The van der Waals surface area contributed by atoms with Crippen molar-refractivity contribution < 1.29 is 14.4 Å². The number of carbonyl (C=O) groups is 3. The average molecular weight is 357 g/mol. The second-order valence-electron chi connectivity index (χ2n) is 7.59. The van der Waals surface area contributed by atoms with Crippen LogP contribution in [0, 0.1) is 11.8 Å². The first-order valence-corrected chi connectivity index (χ1v) is 9.44. The smallest absolute Gasteiger partial charge is 0.253 e. The molecule has 1 aromatic rings. The van der Waals surface area contributed by atoms with E-state index in [1.54, 1.807) is 29.2 Å². The van der Waals surface area contributed by atoms with Crippen LogP contribution >= 0.6 is 0 Å². The number of amides is 3. The molecule has 3 rings (SSSR count). The van der Waals surface area contributed by atoms with Crippen molar-refractivity contribution in [2.75, 3.05) is 18.4 Å². The van der Waals surface area contributed by atoms with E-state index in [-0.39, 0.29) is 29.6 Å². The molecule has 140 valence electrons. The van der Waals surface area contributed by atoms with Crippen molar-refractivity contribution in [3.8, 4) is 0 Å². The molecule has 1 heterocycles. The maximum absolute atomic E-state index is 12.8. The lowest BCUT2D eigenvalue weighted by atomic mass is 9.96. The number of hydrogen-bond acceptors (Lipinski definition) is 3. The maximum Gasteiger partial charge on any atom is 0.253 e. The van der Waals surface area contributed by atoms with Crippen molar-refractivity contribution in [2.45, 2.75) is 45.6 Å². The molecule has 6 heteroatoms. The largest absolute Gasteiger partial charge is 0.353 e. The predicted octanol–water partition coefficient (Wildman–Crippen LogP) is 2.41. The lowest BCUT2D eigenvalue weighted by Gasteiger charge is -2.32. The summed E-state index contributed by atoms with van der Waals surface area (Å²) in [6.07, 6.45) is 3.82. The lowest BCUT2D eigenvalue weighted by Crippen LogP contribution is -2.45. The number of carbonyl (C=O) groups excluding carboxylic acids is 3. The standard InChI is InChI=1S/C20H27N3O3/c1-13(2)18(24)21-16-7-5-14(6-8-16)20(26)23-11-3-4-15(12-23)19(25)22-17-9-10-17/h5-8,13,15,17H,3-4,9-12H2,1-2H3,(H,21,24)(H,22,25). The molecule has 2 fully saturated rings. The van der Waals surface area contributed by atoms with Gasteiger partial charge in [0.2, 0.25) is 11.8 Å². The number of piperidine rings is 1. The van der Waals surface area contributed by atoms with E-state index in [4.69, 9.17) is 0 Å². The van der Waals surface area contributed by atoms with Crippen molar-refractivity contribution >= 4 is 23.4 Å². The monoisotopic (exact) mass is 357 g/mol. The van der Waals surface area contributed by atoms with Crippen LogP contribution in [0.4, 0.5) is 5.69 Å². The highest BCUT2D eigenvalue weighted by Crippen LogP contribution is 2.23. The third-order valence-corrected chi connectivity index (χ3v) is 4.93. The van der Waals surface area contributed by atoms with Gasteiger partial charge < -0.3 is 15.5 Å². The Hall–Kier alpha value is -2.37. The zero-order valence-electron chi connectivity index (χ0n) is 15.5. The molecule has 26 heavy (non-hydrogen) atoms. The van der Waals surface area contributed by atoms with E-state index >= 15 is 0 Å². The van der Waals surface area contributed by atoms with Crippen LogP contribution in [0.2, 0.25) is 0 Å². The molecule has 1 aromatic carbocycles. The summed E-state index contributed by atoms with van der Waals surface area (Å²) in [5.74, 6) is -0.238. The molecule has 1 saturated carbocycles. The summed E-state index contributed by atoms with van der Waals surface area (Å²) in [5, 5.41) is 5.86. The Morgan fingerprint density at radius 3 is 2.38 bits per heavy atom. The number of anilines is 1. The van der Waals surface area contributed by atoms with Crippen molar-refractivity contribution in [1.82, 2.24) is 10.2 Å². The van der Waals surface area contributed by atoms with Crippen LogP contribution in [0.1, 0.15) is 49.9 Å².